The highest BCUT2D eigenvalue weighted by Crippen LogP contribution is 2.54. The molecule has 3 aliphatic rings. The number of nitrogens with zero attached hydrogens (tertiary/aromatic N) is 4. The van der Waals surface area contributed by atoms with Crippen LogP contribution in [0.15, 0.2) is 91.0 Å². The molecule has 0 spiro atoms. The molecule has 0 aliphatic heterocycles. The molecule has 1 aromatic heterocycles. The van der Waals surface area contributed by atoms with Crippen LogP contribution in [0.2, 0.25) is 0 Å². The molecule has 46 heavy (non-hydrogen) atoms. The van der Waals surface area contributed by atoms with Gasteiger partial charge in [0, 0.05) is 22.1 Å². The van der Waals surface area contributed by atoms with Crippen molar-refractivity contribution >= 4 is 0 Å². The molecule has 4 nitrogen and oxygen atoms in total. The quantitative estimate of drug-likeness (QED) is 0.206. The summed E-state index contributed by atoms with van der Waals surface area (Å²) in [6.07, 6.45) is 6.67. The summed E-state index contributed by atoms with van der Waals surface area (Å²) in [4.78, 5) is 15.2. The fraction of sp³-hybridized carbons (Fsp3) is 0.333. The minimum atomic E-state index is -0.243. The minimum Gasteiger partial charge on any atom is -0.208 e. The van der Waals surface area contributed by atoms with Crippen LogP contribution >= 0.6 is 0 Å². The molecule has 1 heterocycles. The Morgan fingerprint density at radius 2 is 1.17 bits per heavy atom. The highest BCUT2D eigenvalue weighted by atomic mass is 15.0. The maximum atomic E-state index is 9.56. The van der Waals surface area contributed by atoms with Crippen molar-refractivity contribution < 1.29 is 0 Å². The zero-order valence-corrected chi connectivity index (χ0v) is 27.2. The van der Waals surface area contributed by atoms with E-state index in [2.05, 4.69) is 94.4 Å². The van der Waals surface area contributed by atoms with Crippen molar-refractivity contribution in [1.82, 2.24) is 15.0 Å². The molecule has 0 amide bonds. The summed E-state index contributed by atoms with van der Waals surface area (Å²) in [5, 5.41) is 9.56. The van der Waals surface area contributed by atoms with Crippen LogP contribution in [0.5, 0.6) is 0 Å². The summed E-state index contributed by atoms with van der Waals surface area (Å²) in [7, 11) is 0. The van der Waals surface area contributed by atoms with Gasteiger partial charge in [0.05, 0.1) is 11.6 Å². The third-order valence-corrected chi connectivity index (χ3v) is 11.1. The smallest absolute Gasteiger partial charge is 0.164 e. The Balaban J connectivity index is 1.21. The third-order valence-electron chi connectivity index (χ3n) is 11.1. The van der Waals surface area contributed by atoms with Crippen molar-refractivity contribution in [2.24, 2.45) is 17.8 Å². The third kappa shape index (κ3) is 4.76. The topological polar surface area (TPSA) is 62.5 Å². The predicted octanol–water partition coefficient (Wildman–Crippen LogP) is 10.2. The second-order valence-electron chi connectivity index (χ2n) is 14.9. The van der Waals surface area contributed by atoms with Crippen LogP contribution in [-0.4, -0.2) is 15.0 Å². The summed E-state index contributed by atoms with van der Waals surface area (Å²) >= 11 is 0. The first-order valence-corrected chi connectivity index (χ1v) is 16.8. The van der Waals surface area contributed by atoms with E-state index in [1.54, 1.807) is 0 Å². The van der Waals surface area contributed by atoms with E-state index in [0.717, 1.165) is 34.4 Å². The molecular formula is C42H40N4. The van der Waals surface area contributed by atoms with E-state index in [9.17, 15) is 5.26 Å². The van der Waals surface area contributed by atoms with Gasteiger partial charge in [0.2, 0.25) is 0 Å². The molecule has 2 fully saturated rings. The van der Waals surface area contributed by atoms with Crippen molar-refractivity contribution in [3.8, 4) is 51.4 Å². The fourth-order valence-electron chi connectivity index (χ4n) is 9.33. The zero-order chi connectivity index (χ0) is 31.6. The van der Waals surface area contributed by atoms with Crippen LogP contribution in [0.25, 0.3) is 45.3 Å². The van der Waals surface area contributed by atoms with Gasteiger partial charge in [-0.05, 0) is 101 Å². The maximum absolute atomic E-state index is 9.56. The molecule has 5 aromatic rings. The van der Waals surface area contributed by atoms with Gasteiger partial charge in [-0.2, -0.15) is 5.26 Å². The molecule has 8 rings (SSSR count). The molecule has 0 radical (unpaired) electrons. The highest BCUT2D eigenvalue weighted by molar-refractivity contribution is 5.83. The highest BCUT2D eigenvalue weighted by Gasteiger charge is 2.45. The number of hydrogen-bond donors (Lipinski definition) is 0. The Bertz CT molecular complexity index is 1980. The molecule has 2 saturated carbocycles. The van der Waals surface area contributed by atoms with Gasteiger partial charge in [0.25, 0.3) is 0 Å². The minimum absolute atomic E-state index is 0.243. The second kappa shape index (κ2) is 10.7. The molecule has 0 N–H and O–H groups in total. The van der Waals surface area contributed by atoms with Gasteiger partial charge >= 0.3 is 0 Å². The summed E-state index contributed by atoms with van der Waals surface area (Å²) in [5.41, 5.74) is 9.99. The summed E-state index contributed by atoms with van der Waals surface area (Å²) < 4.78 is 0. The lowest BCUT2D eigenvalue weighted by atomic mass is 9.54. The van der Waals surface area contributed by atoms with Gasteiger partial charge in [0.1, 0.15) is 0 Å². The van der Waals surface area contributed by atoms with Crippen molar-refractivity contribution in [2.45, 2.75) is 70.6 Å². The molecule has 2 bridgehead atoms. The number of benzene rings is 4. The first-order valence-electron chi connectivity index (χ1n) is 16.8. The van der Waals surface area contributed by atoms with Crippen LogP contribution in [0.3, 0.4) is 0 Å². The lowest BCUT2D eigenvalue weighted by molar-refractivity contribution is 0.0780. The molecule has 1 unspecified atom stereocenters. The normalized spacial score (nSPS) is 24.1. The molecule has 4 aromatic carbocycles. The molecule has 4 atom stereocenters. The fourth-order valence-corrected chi connectivity index (χ4v) is 9.33. The van der Waals surface area contributed by atoms with Crippen LogP contribution in [0.4, 0.5) is 0 Å². The van der Waals surface area contributed by atoms with Crippen molar-refractivity contribution in [3.63, 3.8) is 0 Å². The van der Waals surface area contributed by atoms with E-state index in [1.165, 1.54) is 59.9 Å². The largest absolute Gasteiger partial charge is 0.208 e. The number of hydrogen-bond acceptors (Lipinski definition) is 4. The molecule has 0 saturated heterocycles. The maximum Gasteiger partial charge on any atom is 0.164 e. The van der Waals surface area contributed by atoms with E-state index < -0.39 is 0 Å². The van der Waals surface area contributed by atoms with Crippen LogP contribution < -0.4 is 0 Å². The van der Waals surface area contributed by atoms with Gasteiger partial charge in [-0.1, -0.05) is 100 Å². The monoisotopic (exact) mass is 600 g/mol. The second-order valence-corrected chi connectivity index (χ2v) is 14.9. The number of nitriles is 1. The number of aromatic nitrogens is 3. The van der Waals surface area contributed by atoms with Gasteiger partial charge < -0.3 is 0 Å². The van der Waals surface area contributed by atoms with E-state index in [-0.39, 0.29) is 5.41 Å². The molecular weight excluding hydrogens is 560 g/mol. The Hall–Kier alpha value is -4.62. The summed E-state index contributed by atoms with van der Waals surface area (Å²) in [5.74, 6) is 4.46. The molecule has 228 valence electrons. The summed E-state index contributed by atoms with van der Waals surface area (Å²) in [6.45, 7) is 9.37. The van der Waals surface area contributed by atoms with Gasteiger partial charge in [0.15, 0.2) is 17.5 Å². The van der Waals surface area contributed by atoms with Gasteiger partial charge in [-0.3, -0.25) is 0 Å². The van der Waals surface area contributed by atoms with E-state index in [1.807, 2.05) is 30.3 Å². The average Bonchev–Trinajstić information content (AvgIpc) is 3.29. The molecule has 4 heteroatoms. The summed E-state index contributed by atoms with van der Waals surface area (Å²) in [6, 6.07) is 34.3. The van der Waals surface area contributed by atoms with Gasteiger partial charge in [-0.25, -0.2) is 15.0 Å². The Kier molecular flexibility index (Phi) is 6.73. The van der Waals surface area contributed by atoms with E-state index >= 15 is 0 Å². The van der Waals surface area contributed by atoms with E-state index in [0.29, 0.717) is 28.5 Å². The first kappa shape index (κ1) is 28.8. The van der Waals surface area contributed by atoms with Crippen molar-refractivity contribution in [3.05, 3.63) is 113 Å². The van der Waals surface area contributed by atoms with Crippen molar-refractivity contribution in [2.75, 3.05) is 0 Å². The van der Waals surface area contributed by atoms with Crippen LogP contribution in [-0.2, 0) is 10.8 Å². The predicted molar refractivity (Wildman–Crippen MR) is 185 cm³/mol. The van der Waals surface area contributed by atoms with Crippen molar-refractivity contribution in [1.29, 1.82) is 5.26 Å². The first-order chi connectivity index (χ1) is 22.2. The lowest BCUT2D eigenvalue weighted by Gasteiger charge is -2.50. The van der Waals surface area contributed by atoms with Gasteiger partial charge in [-0.15, -0.1) is 0 Å². The number of fused-ring (bicyclic) bond motifs is 5. The number of rotatable bonds is 4. The Morgan fingerprint density at radius 3 is 1.80 bits per heavy atom. The molecule has 3 aliphatic carbocycles. The SMILES string of the molecule is C[C@@H]1C[C@@H]2C[C@H](C)CC(c3ccc(-c4nc(-c5ccccc5)nc(-c5ccc6c(c5)C(C)(C)c5cc(C#N)ccc5-6)n4)cc3)(C1)C2. The standard InChI is InChI=1S/C42H40N4/c1-26-18-29-19-27(2)23-42(22-26,24-29)33-14-11-31(12-15-33)39-44-38(30-8-6-5-7-9-30)45-40(46-39)32-13-17-35-34-16-10-28(25-43)20-36(34)41(3,4)37(35)21-32/h5-17,20-21,26-27,29H,18-19,22-24H2,1-4H3/t26-,27+,29-,42?. The van der Waals surface area contributed by atoms with Crippen LogP contribution in [0, 0.1) is 29.1 Å². The lowest BCUT2D eigenvalue weighted by Crippen LogP contribution is -2.42. The van der Waals surface area contributed by atoms with E-state index in [4.69, 9.17) is 15.0 Å². The zero-order valence-electron chi connectivity index (χ0n) is 27.2. The Labute approximate surface area is 272 Å². The van der Waals surface area contributed by atoms with Crippen LogP contribution in [0.1, 0.15) is 82.1 Å². The Morgan fingerprint density at radius 1 is 0.630 bits per heavy atom. The average molecular weight is 601 g/mol.